The van der Waals surface area contributed by atoms with Crippen molar-refractivity contribution in [3.63, 3.8) is 0 Å². The van der Waals surface area contributed by atoms with Gasteiger partial charge in [-0.05, 0) is 24.5 Å². The summed E-state index contributed by atoms with van der Waals surface area (Å²) in [6, 6.07) is 7.96. The largest absolute Gasteiger partial charge is 0.480 e. The van der Waals surface area contributed by atoms with Crippen LogP contribution in [0.5, 0.6) is 0 Å². The van der Waals surface area contributed by atoms with Crippen LogP contribution >= 0.6 is 0 Å². The summed E-state index contributed by atoms with van der Waals surface area (Å²) in [7, 11) is 0. The fourth-order valence-electron chi connectivity index (χ4n) is 1.65. The van der Waals surface area contributed by atoms with Gasteiger partial charge in [-0.25, -0.2) is 4.79 Å². The first kappa shape index (κ1) is 15.2. The minimum atomic E-state index is -1.01. The van der Waals surface area contributed by atoms with E-state index in [1.165, 1.54) is 11.1 Å². The molecule has 19 heavy (non-hydrogen) atoms. The molecule has 104 valence electrons. The van der Waals surface area contributed by atoms with E-state index in [2.05, 4.69) is 5.32 Å². The molecule has 0 radical (unpaired) electrons. The van der Waals surface area contributed by atoms with Gasteiger partial charge in [0.15, 0.2) is 0 Å². The molecule has 0 aliphatic rings. The fraction of sp³-hybridized carbons (Fsp3) is 0.429. The van der Waals surface area contributed by atoms with Gasteiger partial charge in [0.2, 0.25) is 5.91 Å². The molecule has 0 aromatic heterocycles. The monoisotopic (exact) mass is 265 g/mol. The highest BCUT2D eigenvalue weighted by atomic mass is 16.5. The van der Waals surface area contributed by atoms with E-state index in [4.69, 9.17) is 9.84 Å². The molecule has 1 aromatic carbocycles. The Hall–Kier alpha value is -1.88. The zero-order chi connectivity index (χ0) is 14.1. The Kier molecular flexibility index (Phi) is 6.60. The van der Waals surface area contributed by atoms with Gasteiger partial charge >= 0.3 is 5.97 Å². The van der Waals surface area contributed by atoms with Crippen LogP contribution in [0.15, 0.2) is 24.3 Å². The van der Waals surface area contributed by atoms with Crippen LogP contribution in [-0.4, -0.2) is 36.7 Å². The van der Waals surface area contributed by atoms with E-state index in [1.807, 2.05) is 31.2 Å². The maximum absolute atomic E-state index is 11.5. The summed E-state index contributed by atoms with van der Waals surface area (Å²) in [5, 5.41) is 11.0. The van der Waals surface area contributed by atoms with Crippen molar-refractivity contribution < 1.29 is 19.4 Å². The first-order valence-corrected chi connectivity index (χ1v) is 6.20. The average molecular weight is 265 g/mol. The van der Waals surface area contributed by atoms with Gasteiger partial charge in [-0.15, -0.1) is 0 Å². The number of nitrogens with one attached hydrogen (secondary N) is 1. The molecule has 0 fully saturated rings. The van der Waals surface area contributed by atoms with Crippen molar-refractivity contribution in [1.29, 1.82) is 0 Å². The number of amides is 1. The molecule has 1 rings (SSSR count). The van der Waals surface area contributed by atoms with E-state index in [0.29, 0.717) is 19.4 Å². The fourth-order valence-corrected chi connectivity index (χ4v) is 1.65. The van der Waals surface area contributed by atoms with E-state index in [0.717, 1.165) is 0 Å². The number of ether oxygens (including phenoxy) is 1. The Bertz CT molecular complexity index is 431. The zero-order valence-corrected chi connectivity index (χ0v) is 11.0. The molecule has 5 heteroatoms. The lowest BCUT2D eigenvalue weighted by Crippen LogP contribution is -2.28. The molecule has 1 amide bonds. The molecule has 0 spiro atoms. The maximum atomic E-state index is 11.5. The number of hydrogen-bond donors (Lipinski definition) is 2. The van der Waals surface area contributed by atoms with Crippen molar-refractivity contribution >= 4 is 11.9 Å². The van der Waals surface area contributed by atoms with Crippen molar-refractivity contribution in [3.8, 4) is 0 Å². The maximum Gasteiger partial charge on any atom is 0.329 e. The second-order valence-corrected chi connectivity index (χ2v) is 4.22. The second-order valence-electron chi connectivity index (χ2n) is 4.22. The van der Waals surface area contributed by atoms with Crippen LogP contribution in [0.1, 0.15) is 17.5 Å². The normalized spacial score (nSPS) is 10.2. The van der Waals surface area contributed by atoms with Gasteiger partial charge < -0.3 is 15.2 Å². The van der Waals surface area contributed by atoms with Crippen LogP contribution in [0.3, 0.4) is 0 Å². The highest BCUT2D eigenvalue weighted by molar-refractivity contribution is 5.76. The van der Waals surface area contributed by atoms with Crippen molar-refractivity contribution in [3.05, 3.63) is 35.4 Å². The van der Waals surface area contributed by atoms with E-state index >= 15 is 0 Å². The van der Waals surface area contributed by atoms with Crippen LogP contribution < -0.4 is 5.32 Å². The first-order valence-electron chi connectivity index (χ1n) is 6.20. The van der Waals surface area contributed by atoms with Crippen LogP contribution in [0.2, 0.25) is 0 Å². The summed E-state index contributed by atoms with van der Waals surface area (Å²) in [5.74, 6) is -1.06. The lowest BCUT2D eigenvalue weighted by molar-refractivity contribution is -0.142. The van der Waals surface area contributed by atoms with E-state index in [9.17, 15) is 9.59 Å². The quantitative estimate of drug-likeness (QED) is 0.691. The molecular formula is C14H19NO4. The standard InChI is InChI=1S/C14H19NO4/c1-11-4-2-3-5-12(11)6-7-13(16)15-8-9-19-10-14(17)18/h2-5H,6-10H2,1H3,(H,15,16)(H,17,18). The van der Waals surface area contributed by atoms with E-state index in [-0.39, 0.29) is 19.1 Å². The first-order chi connectivity index (χ1) is 9.09. The molecule has 1 aromatic rings. The van der Waals surface area contributed by atoms with Crippen molar-refractivity contribution in [1.82, 2.24) is 5.32 Å². The molecule has 0 heterocycles. The minimum absolute atomic E-state index is 0.0535. The smallest absolute Gasteiger partial charge is 0.329 e. The summed E-state index contributed by atoms with van der Waals surface area (Å²) >= 11 is 0. The van der Waals surface area contributed by atoms with Crippen molar-refractivity contribution in [2.45, 2.75) is 19.8 Å². The molecule has 2 N–H and O–H groups in total. The Balaban J connectivity index is 2.15. The van der Waals surface area contributed by atoms with Gasteiger partial charge in [0.1, 0.15) is 6.61 Å². The number of carboxylic acid groups (broad SMARTS) is 1. The number of carbonyl (C=O) groups is 2. The topological polar surface area (TPSA) is 75.6 Å². The number of benzene rings is 1. The Morgan fingerprint density at radius 1 is 1.32 bits per heavy atom. The minimum Gasteiger partial charge on any atom is -0.480 e. The van der Waals surface area contributed by atoms with Crippen LogP contribution in [-0.2, 0) is 20.7 Å². The third kappa shape index (κ3) is 6.57. The third-order valence-electron chi connectivity index (χ3n) is 2.68. The summed E-state index contributed by atoms with van der Waals surface area (Å²) in [5.41, 5.74) is 2.35. The molecule has 0 saturated carbocycles. The second kappa shape index (κ2) is 8.26. The molecular weight excluding hydrogens is 246 g/mol. The van der Waals surface area contributed by atoms with Crippen molar-refractivity contribution in [2.75, 3.05) is 19.8 Å². The van der Waals surface area contributed by atoms with Gasteiger partial charge in [-0.2, -0.15) is 0 Å². The Labute approximate surface area is 112 Å². The van der Waals surface area contributed by atoms with E-state index in [1.54, 1.807) is 0 Å². The van der Waals surface area contributed by atoms with Crippen LogP contribution in [0.25, 0.3) is 0 Å². The highest BCUT2D eigenvalue weighted by Gasteiger charge is 2.03. The average Bonchev–Trinajstić information content (AvgIpc) is 2.37. The molecule has 0 bridgehead atoms. The lowest BCUT2D eigenvalue weighted by Gasteiger charge is -2.07. The molecule has 0 atom stereocenters. The van der Waals surface area contributed by atoms with Gasteiger partial charge in [0.05, 0.1) is 6.61 Å². The number of rotatable bonds is 8. The van der Waals surface area contributed by atoms with Crippen molar-refractivity contribution in [2.24, 2.45) is 0 Å². The zero-order valence-electron chi connectivity index (χ0n) is 11.0. The predicted octanol–water partition coefficient (Wildman–Crippen LogP) is 1.15. The summed E-state index contributed by atoms with van der Waals surface area (Å²) in [4.78, 5) is 21.7. The Morgan fingerprint density at radius 3 is 2.74 bits per heavy atom. The molecule has 5 nitrogen and oxygen atoms in total. The molecule has 0 aliphatic heterocycles. The third-order valence-corrected chi connectivity index (χ3v) is 2.68. The summed E-state index contributed by atoms with van der Waals surface area (Å²) in [6.45, 7) is 2.23. The Morgan fingerprint density at radius 2 is 2.05 bits per heavy atom. The van der Waals surface area contributed by atoms with Crippen LogP contribution in [0, 0.1) is 6.92 Å². The summed E-state index contributed by atoms with van der Waals surface area (Å²) < 4.78 is 4.81. The lowest BCUT2D eigenvalue weighted by atomic mass is 10.0. The molecule has 0 saturated heterocycles. The SMILES string of the molecule is Cc1ccccc1CCC(=O)NCCOCC(=O)O. The van der Waals surface area contributed by atoms with Gasteiger partial charge in [0, 0.05) is 13.0 Å². The number of aliphatic carboxylic acids is 1. The summed E-state index contributed by atoms with van der Waals surface area (Å²) in [6.07, 6.45) is 1.12. The molecule has 0 unspecified atom stereocenters. The van der Waals surface area contributed by atoms with Crippen LogP contribution in [0.4, 0.5) is 0 Å². The van der Waals surface area contributed by atoms with Gasteiger partial charge in [0.25, 0.3) is 0 Å². The van der Waals surface area contributed by atoms with E-state index < -0.39 is 5.97 Å². The molecule has 0 aliphatic carbocycles. The predicted molar refractivity (Wildman–Crippen MR) is 71.0 cm³/mol. The van der Waals surface area contributed by atoms with Gasteiger partial charge in [-0.3, -0.25) is 4.79 Å². The number of carbonyl (C=O) groups excluding carboxylic acids is 1. The number of carboxylic acids is 1. The number of aryl methyl sites for hydroxylation is 2. The van der Waals surface area contributed by atoms with Gasteiger partial charge in [-0.1, -0.05) is 24.3 Å². The highest BCUT2D eigenvalue weighted by Crippen LogP contribution is 2.09. The number of hydrogen-bond acceptors (Lipinski definition) is 3.